The number of carbonyl (C=O) groups excluding carboxylic acids is 3. The molecule has 2 N–H and O–H groups in total. The molecule has 0 saturated carbocycles. The molecular formula is C19H18ClN3O4. The summed E-state index contributed by atoms with van der Waals surface area (Å²) in [5, 5.41) is 0.570. The van der Waals surface area contributed by atoms with Crippen LogP contribution in [0, 0.1) is 5.92 Å². The molecule has 1 atom stereocenters. The zero-order valence-corrected chi connectivity index (χ0v) is 15.3. The van der Waals surface area contributed by atoms with Gasteiger partial charge in [-0.15, -0.1) is 0 Å². The number of amides is 3. The van der Waals surface area contributed by atoms with E-state index in [9.17, 15) is 14.4 Å². The van der Waals surface area contributed by atoms with Gasteiger partial charge >= 0.3 is 0 Å². The number of carbonyl (C=O) groups is 3. The number of methoxy groups -OCH3 is 1. The van der Waals surface area contributed by atoms with Crippen molar-refractivity contribution in [2.75, 3.05) is 18.6 Å². The van der Waals surface area contributed by atoms with Gasteiger partial charge in [0.05, 0.1) is 13.0 Å². The molecule has 0 aromatic heterocycles. The molecule has 7 nitrogen and oxygen atoms in total. The Morgan fingerprint density at radius 1 is 1.07 bits per heavy atom. The van der Waals surface area contributed by atoms with E-state index in [1.54, 1.807) is 48.5 Å². The average Bonchev–Trinajstić information content (AvgIpc) is 3.08. The van der Waals surface area contributed by atoms with Gasteiger partial charge in [0.15, 0.2) is 0 Å². The van der Waals surface area contributed by atoms with Crippen molar-refractivity contribution < 1.29 is 19.1 Å². The molecule has 0 unspecified atom stereocenters. The Kier molecular flexibility index (Phi) is 5.61. The van der Waals surface area contributed by atoms with Crippen LogP contribution in [-0.2, 0) is 9.59 Å². The second kappa shape index (κ2) is 8.09. The second-order valence-electron chi connectivity index (χ2n) is 6.05. The van der Waals surface area contributed by atoms with Crippen LogP contribution in [0.1, 0.15) is 16.8 Å². The smallest absolute Gasteiger partial charge is 0.269 e. The van der Waals surface area contributed by atoms with Gasteiger partial charge in [-0.25, -0.2) is 0 Å². The van der Waals surface area contributed by atoms with Crippen LogP contribution in [0.5, 0.6) is 5.75 Å². The van der Waals surface area contributed by atoms with E-state index >= 15 is 0 Å². The summed E-state index contributed by atoms with van der Waals surface area (Å²) in [5.41, 5.74) is 5.81. The topological polar surface area (TPSA) is 87.7 Å². The first kappa shape index (κ1) is 18.7. The summed E-state index contributed by atoms with van der Waals surface area (Å²) >= 11 is 5.86. The van der Waals surface area contributed by atoms with E-state index in [0.717, 1.165) is 0 Å². The number of ether oxygens (including phenoxy) is 1. The third-order valence-corrected chi connectivity index (χ3v) is 4.54. The van der Waals surface area contributed by atoms with Crippen LogP contribution in [0.25, 0.3) is 0 Å². The van der Waals surface area contributed by atoms with Crippen LogP contribution in [0.15, 0.2) is 48.5 Å². The van der Waals surface area contributed by atoms with Crippen LogP contribution < -0.4 is 20.5 Å². The Labute approximate surface area is 161 Å². The number of nitrogens with zero attached hydrogens (tertiary/aromatic N) is 1. The molecule has 1 aliphatic rings. The molecule has 0 spiro atoms. The number of halogens is 1. The van der Waals surface area contributed by atoms with E-state index < -0.39 is 17.7 Å². The van der Waals surface area contributed by atoms with Crippen LogP contribution in [0.2, 0.25) is 5.02 Å². The van der Waals surface area contributed by atoms with E-state index in [4.69, 9.17) is 16.3 Å². The molecule has 1 aliphatic heterocycles. The fourth-order valence-corrected chi connectivity index (χ4v) is 2.91. The van der Waals surface area contributed by atoms with Crippen molar-refractivity contribution in [3.8, 4) is 5.75 Å². The van der Waals surface area contributed by atoms with E-state index in [1.165, 1.54) is 12.0 Å². The fraction of sp³-hybridized carbons (Fsp3) is 0.211. The Morgan fingerprint density at radius 3 is 2.37 bits per heavy atom. The maximum atomic E-state index is 12.3. The summed E-state index contributed by atoms with van der Waals surface area (Å²) in [4.78, 5) is 38.1. The van der Waals surface area contributed by atoms with Crippen LogP contribution >= 0.6 is 11.6 Å². The molecule has 140 valence electrons. The number of anilines is 1. The Balaban J connectivity index is 1.55. The average molecular weight is 388 g/mol. The Hall–Kier alpha value is -3.06. The summed E-state index contributed by atoms with van der Waals surface area (Å²) in [6.45, 7) is 0.241. The highest BCUT2D eigenvalue weighted by Gasteiger charge is 2.35. The molecule has 3 amide bonds. The number of hydrogen-bond donors (Lipinski definition) is 2. The predicted octanol–water partition coefficient (Wildman–Crippen LogP) is 2.16. The second-order valence-corrected chi connectivity index (χ2v) is 6.49. The Morgan fingerprint density at radius 2 is 1.74 bits per heavy atom. The standard InChI is InChI=1S/C19H18ClN3O4/c1-27-16-8-2-12(3-9-16)18(25)21-22-19(26)13-10-17(24)23(11-13)15-6-4-14(20)5-7-15/h2-9,13H,10-11H2,1H3,(H,21,25)(H,22,26)/t13-/m1/s1. The molecule has 3 rings (SSSR count). The summed E-state index contributed by atoms with van der Waals surface area (Å²) in [6, 6.07) is 13.3. The number of nitrogens with one attached hydrogen (secondary N) is 2. The van der Waals surface area contributed by atoms with Crippen molar-refractivity contribution >= 4 is 35.0 Å². The van der Waals surface area contributed by atoms with E-state index in [2.05, 4.69) is 10.9 Å². The number of hydrogen-bond acceptors (Lipinski definition) is 4. The quantitative estimate of drug-likeness (QED) is 0.787. The van der Waals surface area contributed by atoms with Gasteiger partial charge < -0.3 is 9.64 Å². The van der Waals surface area contributed by atoms with Gasteiger partial charge in [0.2, 0.25) is 11.8 Å². The van der Waals surface area contributed by atoms with Crippen molar-refractivity contribution in [1.29, 1.82) is 0 Å². The number of rotatable bonds is 4. The fourth-order valence-electron chi connectivity index (χ4n) is 2.79. The molecule has 1 saturated heterocycles. The largest absolute Gasteiger partial charge is 0.497 e. The molecule has 0 radical (unpaired) electrons. The van der Waals surface area contributed by atoms with E-state index in [0.29, 0.717) is 22.0 Å². The molecule has 1 fully saturated rings. The molecule has 8 heteroatoms. The lowest BCUT2D eigenvalue weighted by Gasteiger charge is -2.17. The van der Waals surface area contributed by atoms with Crippen molar-refractivity contribution in [3.63, 3.8) is 0 Å². The summed E-state index contributed by atoms with van der Waals surface area (Å²) in [6.07, 6.45) is 0.0763. The first-order valence-electron chi connectivity index (χ1n) is 8.28. The summed E-state index contributed by atoms with van der Waals surface area (Å²) in [7, 11) is 1.53. The number of benzene rings is 2. The van der Waals surface area contributed by atoms with E-state index in [-0.39, 0.29) is 18.9 Å². The van der Waals surface area contributed by atoms with Crippen LogP contribution in [0.3, 0.4) is 0 Å². The predicted molar refractivity (Wildman–Crippen MR) is 101 cm³/mol. The third kappa shape index (κ3) is 4.38. The van der Waals surface area contributed by atoms with Crippen molar-refractivity contribution in [2.24, 2.45) is 5.92 Å². The highest BCUT2D eigenvalue weighted by Crippen LogP contribution is 2.26. The van der Waals surface area contributed by atoms with Crippen molar-refractivity contribution in [1.82, 2.24) is 10.9 Å². The van der Waals surface area contributed by atoms with Gasteiger partial charge in [-0.2, -0.15) is 0 Å². The molecule has 0 bridgehead atoms. The molecule has 27 heavy (non-hydrogen) atoms. The molecular weight excluding hydrogens is 370 g/mol. The minimum absolute atomic E-state index is 0.0763. The lowest BCUT2D eigenvalue weighted by atomic mass is 10.1. The first-order chi connectivity index (χ1) is 13.0. The highest BCUT2D eigenvalue weighted by molar-refractivity contribution is 6.30. The highest BCUT2D eigenvalue weighted by atomic mass is 35.5. The minimum atomic E-state index is -0.552. The molecule has 1 heterocycles. The summed E-state index contributed by atoms with van der Waals surface area (Å²) in [5.74, 6) is -0.947. The first-order valence-corrected chi connectivity index (χ1v) is 8.66. The van der Waals surface area contributed by atoms with Crippen molar-refractivity contribution in [2.45, 2.75) is 6.42 Å². The van der Waals surface area contributed by atoms with Gasteiger partial charge in [0.25, 0.3) is 5.91 Å². The van der Waals surface area contributed by atoms with Crippen molar-refractivity contribution in [3.05, 3.63) is 59.1 Å². The van der Waals surface area contributed by atoms with Gasteiger partial charge in [-0.3, -0.25) is 25.2 Å². The van der Waals surface area contributed by atoms with Crippen LogP contribution in [0.4, 0.5) is 5.69 Å². The molecule has 2 aromatic carbocycles. The lowest BCUT2D eigenvalue weighted by Crippen LogP contribution is -2.45. The third-order valence-electron chi connectivity index (χ3n) is 4.29. The Bertz CT molecular complexity index is 852. The maximum Gasteiger partial charge on any atom is 0.269 e. The molecule has 0 aliphatic carbocycles. The zero-order valence-electron chi connectivity index (χ0n) is 14.6. The maximum absolute atomic E-state index is 12.3. The normalized spacial score (nSPS) is 16.1. The lowest BCUT2D eigenvalue weighted by molar-refractivity contribution is -0.126. The van der Waals surface area contributed by atoms with Gasteiger partial charge in [0, 0.05) is 29.2 Å². The zero-order chi connectivity index (χ0) is 19.4. The minimum Gasteiger partial charge on any atom is -0.497 e. The van der Waals surface area contributed by atoms with Crippen LogP contribution in [-0.4, -0.2) is 31.4 Å². The molecule has 2 aromatic rings. The van der Waals surface area contributed by atoms with Gasteiger partial charge in [-0.05, 0) is 48.5 Å². The van der Waals surface area contributed by atoms with Gasteiger partial charge in [0.1, 0.15) is 5.75 Å². The summed E-state index contributed by atoms with van der Waals surface area (Å²) < 4.78 is 5.03. The van der Waals surface area contributed by atoms with Gasteiger partial charge in [-0.1, -0.05) is 11.6 Å². The number of hydrazine groups is 1. The SMILES string of the molecule is COc1ccc(C(=O)NNC(=O)[C@@H]2CC(=O)N(c3ccc(Cl)cc3)C2)cc1. The van der Waals surface area contributed by atoms with E-state index in [1.807, 2.05) is 0 Å². The monoisotopic (exact) mass is 387 g/mol.